The lowest BCUT2D eigenvalue weighted by molar-refractivity contribution is 0.369. The SMILES string of the molecule is Cc1ccc(Cl)c2c1N(C)CC1(CC1)C2CCN. The van der Waals surface area contributed by atoms with Crippen molar-refractivity contribution in [2.45, 2.75) is 32.1 Å². The van der Waals surface area contributed by atoms with Gasteiger partial charge in [-0.15, -0.1) is 0 Å². The zero-order valence-corrected chi connectivity index (χ0v) is 11.9. The first-order valence-corrected chi connectivity index (χ1v) is 7.17. The van der Waals surface area contributed by atoms with E-state index in [0.717, 1.165) is 24.5 Å². The summed E-state index contributed by atoms with van der Waals surface area (Å²) < 4.78 is 0. The molecule has 1 saturated carbocycles. The molecule has 1 unspecified atom stereocenters. The van der Waals surface area contributed by atoms with Crippen LogP contribution >= 0.6 is 11.6 Å². The molecule has 1 spiro atoms. The Hall–Kier alpha value is -0.730. The van der Waals surface area contributed by atoms with E-state index in [1.807, 2.05) is 0 Å². The minimum Gasteiger partial charge on any atom is -0.374 e. The number of nitrogens with two attached hydrogens (primary N) is 1. The largest absolute Gasteiger partial charge is 0.374 e. The maximum absolute atomic E-state index is 6.50. The van der Waals surface area contributed by atoms with Gasteiger partial charge in [0.15, 0.2) is 0 Å². The van der Waals surface area contributed by atoms with Gasteiger partial charge in [-0.05, 0) is 61.3 Å². The van der Waals surface area contributed by atoms with Gasteiger partial charge in [0.2, 0.25) is 0 Å². The smallest absolute Gasteiger partial charge is 0.0461 e. The second kappa shape index (κ2) is 4.14. The summed E-state index contributed by atoms with van der Waals surface area (Å²) >= 11 is 6.50. The summed E-state index contributed by atoms with van der Waals surface area (Å²) in [4.78, 5) is 2.40. The summed E-state index contributed by atoms with van der Waals surface area (Å²) in [6.07, 6.45) is 3.71. The van der Waals surface area contributed by atoms with Crippen molar-refractivity contribution in [1.29, 1.82) is 0 Å². The van der Waals surface area contributed by atoms with Crippen LogP contribution < -0.4 is 10.6 Å². The van der Waals surface area contributed by atoms with Gasteiger partial charge in [0.25, 0.3) is 0 Å². The lowest BCUT2D eigenvalue weighted by Gasteiger charge is -2.41. The minimum absolute atomic E-state index is 0.457. The van der Waals surface area contributed by atoms with Gasteiger partial charge in [-0.2, -0.15) is 0 Å². The standard InChI is InChI=1S/C15H21ClN2/c1-10-3-4-12(16)13-11(5-8-17)15(6-7-15)9-18(2)14(10)13/h3-4,11H,5-9,17H2,1-2H3. The third-order valence-corrected chi connectivity index (χ3v) is 5.06. The average Bonchev–Trinajstić information content (AvgIpc) is 3.08. The highest BCUT2D eigenvalue weighted by Gasteiger charge is 2.53. The van der Waals surface area contributed by atoms with Gasteiger partial charge >= 0.3 is 0 Å². The molecule has 2 aliphatic rings. The van der Waals surface area contributed by atoms with E-state index in [4.69, 9.17) is 17.3 Å². The average molecular weight is 265 g/mol. The highest BCUT2D eigenvalue weighted by molar-refractivity contribution is 6.32. The Morgan fingerprint density at radius 3 is 2.78 bits per heavy atom. The summed E-state index contributed by atoms with van der Waals surface area (Å²) in [6, 6.07) is 4.18. The Balaban J connectivity index is 2.16. The van der Waals surface area contributed by atoms with Crippen LogP contribution in [0.5, 0.6) is 0 Å². The van der Waals surface area contributed by atoms with E-state index >= 15 is 0 Å². The van der Waals surface area contributed by atoms with Gasteiger partial charge in [-0.25, -0.2) is 0 Å². The van der Waals surface area contributed by atoms with E-state index < -0.39 is 0 Å². The van der Waals surface area contributed by atoms with Gasteiger partial charge in [-0.3, -0.25) is 0 Å². The van der Waals surface area contributed by atoms with E-state index in [2.05, 4.69) is 31.0 Å². The predicted molar refractivity (Wildman–Crippen MR) is 77.5 cm³/mol. The second-order valence-corrected chi connectivity index (χ2v) is 6.38. The number of fused-ring (bicyclic) bond motifs is 1. The first-order valence-electron chi connectivity index (χ1n) is 6.79. The molecular formula is C15H21ClN2. The molecule has 0 radical (unpaired) electrons. The Kier molecular flexibility index (Phi) is 2.83. The van der Waals surface area contributed by atoms with Crippen molar-refractivity contribution in [1.82, 2.24) is 0 Å². The van der Waals surface area contributed by atoms with Crippen LogP contribution in [0.2, 0.25) is 5.02 Å². The van der Waals surface area contributed by atoms with Crippen LogP contribution in [-0.4, -0.2) is 20.1 Å². The fraction of sp³-hybridized carbons (Fsp3) is 0.600. The monoisotopic (exact) mass is 264 g/mol. The molecule has 1 aromatic rings. The lowest BCUT2D eigenvalue weighted by atomic mass is 9.76. The highest BCUT2D eigenvalue weighted by Crippen LogP contribution is 2.62. The molecule has 0 aromatic heterocycles. The van der Waals surface area contributed by atoms with Crippen molar-refractivity contribution >= 4 is 17.3 Å². The van der Waals surface area contributed by atoms with Crippen LogP contribution in [0.1, 0.15) is 36.3 Å². The first kappa shape index (κ1) is 12.3. The van der Waals surface area contributed by atoms with Crippen molar-refractivity contribution in [2.75, 3.05) is 25.0 Å². The molecule has 0 saturated heterocycles. The van der Waals surface area contributed by atoms with Crippen LogP contribution in [-0.2, 0) is 0 Å². The molecule has 18 heavy (non-hydrogen) atoms. The Morgan fingerprint density at radius 1 is 1.44 bits per heavy atom. The normalized spacial score (nSPS) is 24.2. The third-order valence-electron chi connectivity index (χ3n) is 4.73. The molecule has 1 fully saturated rings. The number of benzene rings is 1. The molecule has 0 bridgehead atoms. The third kappa shape index (κ3) is 1.66. The van der Waals surface area contributed by atoms with Gasteiger partial charge in [0.1, 0.15) is 0 Å². The Bertz CT molecular complexity index is 480. The molecule has 98 valence electrons. The molecule has 1 aliphatic heterocycles. The summed E-state index contributed by atoms with van der Waals surface area (Å²) in [6.45, 7) is 4.09. The number of hydrogen-bond donors (Lipinski definition) is 1. The van der Waals surface area contributed by atoms with E-state index in [1.54, 1.807) is 0 Å². The number of rotatable bonds is 2. The fourth-order valence-electron chi connectivity index (χ4n) is 3.78. The molecule has 3 heteroatoms. The van der Waals surface area contributed by atoms with Crippen molar-refractivity contribution in [3.05, 3.63) is 28.3 Å². The number of anilines is 1. The maximum atomic E-state index is 6.50. The van der Waals surface area contributed by atoms with Crippen LogP contribution in [0.3, 0.4) is 0 Å². The van der Waals surface area contributed by atoms with E-state index in [1.165, 1.54) is 29.7 Å². The predicted octanol–water partition coefficient (Wildman–Crippen LogP) is 3.31. The van der Waals surface area contributed by atoms with E-state index in [0.29, 0.717) is 11.3 Å². The number of nitrogens with zero attached hydrogens (tertiary/aromatic N) is 1. The summed E-state index contributed by atoms with van der Waals surface area (Å²) in [7, 11) is 2.20. The second-order valence-electron chi connectivity index (χ2n) is 5.97. The minimum atomic E-state index is 0.457. The van der Waals surface area contributed by atoms with Crippen molar-refractivity contribution in [3.8, 4) is 0 Å². The first-order chi connectivity index (χ1) is 8.59. The summed E-state index contributed by atoms with van der Waals surface area (Å²) in [5, 5.41) is 0.923. The quantitative estimate of drug-likeness (QED) is 0.888. The van der Waals surface area contributed by atoms with Gasteiger partial charge < -0.3 is 10.6 Å². The zero-order valence-electron chi connectivity index (χ0n) is 11.2. The molecule has 0 amide bonds. The molecule has 1 aromatic carbocycles. The van der Waals surface area contributed by atoms with Crippen molar-refractivity contribution < 1.29 is 0 Å². The highest BCUT2D eigenvalue weighted by atomic mass is 35.5. The number of aryl methyl sites for hydroxylation is 1. The molecule has 2 N–H and O–H groups in total. The van der Waals surface area contributed by atoms with Crippen molar-refractivity contribution in [3.63, 3.8) is 0 Å². The molecule has 2 nitrogen and oxygen atoms in total. The molecule has 1 atom stereocenters. The lowest BCUT2D eigenvalue weighted by Crippen LogP contribution is -2.38. The number of hydrogen-bond acceptors (Lipinski definition) is 2. The van der Waals surface area contributed by atoms with Gasteiger partial charge in [-0.1, -0.05) is 17.7 Å². The molecular weight excluding hydrogens is 244 g/mol. The van der Waals surface area contributed by atoms with E-state index in [9.17, 15) is 0 Å². The van der Waals surface area contributed by atoms with E-state index in [-0.39, 0.29) is 0 Å². The maximum Gasteiger partial charge on any atom is 0.0461 e. The Morgan fingerprint density at radius 2 is 2.17 bits per heavy atom. The Labute approximate surface area is 114 Å². The summed E-state index contributed by atoms with van der Waals surface area (Å²) in [5.74, 6) is 0.557. The topological polar surface area (TPSA) is 29.3 Å². The van der Waals surface area contributed by atoms with Crippen LogP contribution in [0.15, 0.2) is 12.1 Å². The molecule has 1 aliphatic carbocycles. The van der Waals surface area contributed by atoms with Crippen LogP contribution in [0.25, 0.3) is 0 Å². The van der Waals surface area contributed by atoms with Crippen LogP contribution in [0, 0.1) is 12.3 Å². The summed E-state index contributed by atoms with van der Waals surface area (Å²) in [5.41, 5.74) is 10.3. The molecule has 1 heterocycles. The number of halogens is 1. The molecule has 3 rings (SSSR count). The van der Waals surface area contributed by atoms with Crippen LogP contribution in [0.4, 0.5) is 5.69 Å². The van der Waals surface area contributed by atoms with Crippen molar-refractivity contribution in [2.24, 2.45) is 11.1 Å². The van der Waals surface area contributed by atoms with Gasteiger partial charge in [0.05, 0.1) is 0 Å². The van der Waals surface area contributed by atoms with Gasteiger partial charge in [0, 0.05) is 24.3 Å². The zero-order chi connectivity index (χ0) is 12.9. The fourth-order valence-corrected chi connectivity index (χ4v) is 4.07.